The minimum absolute atomic E-state index is 0. The Morgan fingerprint density at radius 2 is 1.73 bits per heavy atom. The van der Waals surface area contributed by atoms with Crippen LogP contribution < -0.4 is 10.6 Å². The summed E-state index contributed by atoms with van der Waals surface area (Å²) in [6.07, 6.45) is 5.17. The standard InChI is InChI=1S/C11H24N2O.ClH/c1-3-5-6-7-11(14)13-10-9-12-8-4-2;/h12H,3-10H2,1-2H3,(H,13,14);1H. The highest BCUT2D eigenvalue weighted by Crippen LogP contribution is 1.97. The lowest BCUT2D eigenvalue weighted by molar-refractivity contribution is -0.121. The van der Waals surface area contributed by atoms with Crippen molar-refractivity contribution >= 4 is 18.3 Å². The van der Waals surface area contributed by atoms with E-state index in [9.17, 15) is 4.79 Å². The van der Waals surface area contributed by atoms with Gasteiger partial charge in [0.2, 0.25) is 5.91 Å². The second kappa shape index (κ2) is 13.7. The molecule has 0 saturated carbocycles. The summed E-state index contributed by atoms with van der Waals surface area (Å²) in [6, 6.07) is 0. The Morgan fingerprint density at radius 1 is 1.00 bits per heavy atom. The van der Waals surface area contributed by atoms with E-state index in [0.29, 0.717) is 6.42 Å². The fourth-order valence-corrected chi connectivity index (χ4v) is 1.22. The fourth-order valence-electron chi connectivity index (χ4n) is 1.22. The van der Waals surface area contributed by atoms with Crippen LogP contribution in [0.25, 0.3) is 0 Å². The topological polar surface area (TPSA) is 41.1 Å². The molecule has 92 valence electrons. The summed E-state index contributed by atoms with van der Waals surface area (Å²) in [4.78, 5) is 11.2. The zero-order valence-electron chi connectivity index (χ0n) is 9.97. The molecule has 0 fully saturated rings. The minimum Gasteiger partial charge on any atom is -0.355 e. The van der Waals surface area contributed by atoms with Crippen LogP contribution in [-0.2, 0) is 4.79 Å². The van der Waals surface area contributed by atoms with E-state index in [2.05, 4.69) is 24.5 Å². The molecule has 0 heterocycles. The molecule has 0 aliphatic carbocycles. The normalized spacial score (nSPS) is 9.47. The maximum absolute atomic E-state index is 11.2. The second-order valence-corrected chi connectivity index (χ2v) is 3.56. The maximum atomic E-state index is 11.2. The first-order valence-electron chi connectivity index (χ1n) is 5.78. The van der Waals surface area contributed by atoms with Gasteiger partial charge in [-0.15, -0.1) is 12.4 Å². The maximum Gasteiger partial charge on any atom is 0.220 e. The van der Waals surface area contributed by atoms with Gasteiger partial charge in [-0.3, -0.25) is 4.79 Å². The highest BCUT2D eigenvalue weighted by Gasteiger charge is 1.98. The molecule has 0 aromatic heterocycles. The summed E-state index contributed by atoms with van der Waals surface area (Å²) in [7, 11) is 0. The Morgan fingerprint density at radius 3 is 2.33 bits per heavy atom. The number of unbranched alkanes of at least 4 members (excludes halogenated alkanes) is 2. The van der Waals surface area contributed by atoms with Crippen molar-refractivity contribution in [3.63, 3.8) is 0 Å². The third-order valence-electron chi connectivity index (χ3n) is 2.06. The number of carbonyl (C=O) groups is 1. The Bertz CT molecular complexity index is 143. The molecule has 0 bridgehead atoms. The van der Waals surface area contributed by atoms with E-state index >= 15 is 0 Å². The van der Waals surface area contributed by atoms with Crippen LogP contribution in [0.5, 0.6) is 0 Å². The van der Waals surface area contributed by atoms with E-state index < -0.39 is 0 Å². The van der Waals surface area contributed by atoms with Crippen LogP contribution in [0.1, 0.15) is 46.0 Å². The van der Waals surface area contributed by atoms with Gasteiger partial charge in [0.15, 0.2) is 0 Å². The summed E-state index contributed by atoms with van der Waals surface area (Å²) in [6.45, 7) is 6.95. The number of nitrogens with one attached hydrogen (secondary N) is 2. The number of amides is 1. The summed E-state index contributed by atoms with van der Waals surface area (Å²) in [5, 5.41) is 6.14. The second-order valence-electron chi connectivity index (χ2n) is 3.56. The molecule has 3 nitrogen and oxygen atoms in total. The van der Waals surface area contributed by atoms with E-state index in [4.69, 9.17) is 0 Å². The van der Waals surface area contributed by atoms with Crippen LogP contribution in [0.3, 0.4) is 0 Å². The van der Waals surface area contributed by atoms with E-state index in [-0.39, 0.29) is 18.3 Å². The largest absolute Gasteiger partial charge is 0.355 e. The van der Waals surface area contributed by atoms with Crippen molar-refractivity contribution in [3.05, 3.63) is 0 Å². The molecule has 0 saturated heterocycles. The molecule has 0 atom stereocenters. The lowest BCUT2D eigenvalue weighted by Crippen LogP contribution is -2.31. The van der Waals surface area contributed by atoms with E-state index in [1.54, 1.807) is 0 Å². The highest BCUT2D eigenvalue weighted by molar-refractivity contribution is 5.85. The van der Waals surface area contributed by atoms with E-state index in [0.717, 1.165) is 38.9 Å². The Kier molecular flexibility index (Phi) is 15.7. The van der Waals surface area contributed by atoms with Crippen molar-refractivity contribution in [2.75, 3.05) is 19.6 Å². The quantitative estimate of drug-likeness (QED) is 0.602. The van der Waals surface area contributed by atoms with Crippen molar-refractivity contribution in [2.24, 2.45) is 0 Å². The minimum atomic E-state index is 0. The van der Waals surface area contributed by atoms with E-state index in [1.165, 1.54) is 6.42 Å². The number of carbonyl (C=O) groups excluding carboxylic acids is 1. The summed E-state index contributed by atoms with van der Waals surface area (Å²) in [5.41, 5.74) is 0. The van der Waals surface area contributed by atoms with Gasteiger partial charge < -0.3 is 10.6 Å². The molecule has 0 radical (unpaired) electrons. The van der Waals surface area contributed by atoms with Crippen molar-refractivity contribution in [1.82, 2.24) is 10.6 Å². The lowest BCUT2D eigenvalue weighted by atomic mass is 10.2. The molecule has 0 aliphatic rings. The van der Waals surface area contributed by atoms with Gasteiger partial charge in [0.1, 0.15) is 0 Å². The van der Waals surface area contributed by atoms with Crippen molar-refractivity contribution in [2.45, 2.75) is 46.0 Å². The zero-order chi connectivity index (χ0) is 10.6. The SMILES string of the molecule is CCCCCC(=O)NCCNCCC.Cl. The highest BCUT2D eigenvalue weighted by atomic mass is 35.5. The van der Waals surface area contributed by atoms with Crippen LogP contribution >= 0.6 is 12.4 Å². The molecule has 0 aromatic carbocycles. The molecule has 0 spiro atoms. The first kappa shape index (κ1) is 17.1. The van der Waals surface area contributed by atoms with Gasteiger partial charge in [0.25, 0.3) is 0 Å². The number of rotatable bonds is 9. The number of hydrogen-bond donors (Lipinski definition) is 2. The van der Waals surface area contributed by atoms with Crippen molar-refractivity contribution in [3.8, 4) is 0 Å². The Labute approximate surface area is 99.8 Å². The van der Waals surface area contributed by atoms with E-state index in [1.807, 2.05) is 0 Å². The monoisotopic (exact) mass is 236 g/mol. The lowest BCUT2D eigenvalue weighted by Gasteiger charge is -2.05. The Hall–Kier alpha value is -0.280. The molecular weight excluding hydrogens is 212 g/mol. The molecular formula is C11H25ClN2O. The molecule has 4 heteroatoms. The third kappa shape index (κ3) is 13.7. The van der Waals surface area contributed by atoms with Gasteiger partial charge in [-0.25, -0.2) is 0 Å². The van der Waals surface area contributed by atoms with Gasteiger partial charge in [-0.1, -0.05) is 26.7 Å². The molecule has 0 aromatic rings. The molecule has 1 amide bonds. The molecule has 0 unspecified atom stereocenters. The van der Waals surface area contributed by atoms with Gasteiger partial charge in [-0.2, -0.15) is 0 Å². The average molecular weight is 237 g/mol. The predicted molar refractivity (Wildman–Crippen MR) is 67.6 cm³/mol. The predicted octanol–water partition coefficient (Wildman–Crippen LogP) is 2.10. The van der Waals surface area contributed by atoms with Crippen molar-refractivity contribution in [1.29, 1.82) is 0 Å². The number of hydrogen-bond acceptors (Lipinski definition) is 2. The Balaban J connectivity index is 0. The molecule has 2 N–H and O–H groups in total. The first-order chi connectivity index (χ1) is 6.81. The zero-order valence-corrected chi connectivity index (χ0v) is 10.8. The van der Waals surface area contributed by atoms with Gasteiger partial charge >= 0.3 is 0 Å². The van der Waals surface area contributed by atoms with Crippen molar-refractivity contribution < 1.29 is 4.79 Å². The summed E-state index contributed by atoms with van der Waals surface area (Å²) in [5.74, 6) is 0.191. The molecule has 0 aliphatic heterocycles. The van der Waals surface area contributed by atoms with Gasteiger partial charge in [0.05, 0.1) is 0 Å². The molecule has 15 heavy (non-hydrogen) atoms. The van der Waals surface area contributed by atoms with Crippen LogP contribution in [0.15, 0.2) is 0 Å². The molecule has 0 rings (SSSR count). The van der Waals surface area contributed by atoms with Crippen LogP contribution in [0.4, 0.5) is 0 Å². The van der Waals surface area contributed by atoms with Crippen LogP contribution in [-0.4, -0.2) is 25.5 Å². The van der Waals surface area contributed by atoms with Crippen LogP contribution in [0.2, 0.25) is 0 Å². The van der Waals surface area contributed by atoms with Gasteiger partial charge in [0, 0.05) is 19.5 Å². The fraction of sp³-hybridized carbons (Fsp3) is 0.909. The van der Waals surface area contributed by atoms with Crippen LogP contribution in [0, 0.1) is 0 Å². The third-order valence-corrected chi connectivity index (χ3v) is 2.06. The first-order valence-corrected chi connectivity index (χ1v) is 5.78. The number of halogens is 1. The average Bonchev–Trinajstić information content (AvgIpc) is 2.18. The summed E-state index contributed by atoms with van der Waals surface area (Å²) >= 11 is 0. The smallest absolute Gasteiger partial charge is 0.220 e. The summed E-state index contributed by atoms with van der Waals surface area (Å²) < 4.78 is 0. The van der Waals surface area contributed by atoms with Gasteiger partial charge in [-0.05, 0) is 19.4 Å².